The molecular weight excluding hydrogens is 278 g/mol. The lowest BCUT2D eigenvalue weighted by molar-refractivity contribution is -0.142. The summed E-state index contributed by atoms with van der Waals surface area (Å²) in [4.78, 5) is 30.5. The topological polar surface area (TPSA) is 62.3 Å². The zero-order valence-electron chi connectivity index (χ0n) is 13.6. The monoisotopic (exact) mass is 303 g/mol. The minimum atomic E-state index is -0.353. The number of nitrogens with one attached hydrogen (secondary N) is 1. The summed E-state index contributed by atoms with van der Waals surface area (Å²) in [6, 6.07) is 5.66. The zero-order valence-corrected chi connectivity index (χ0v) is 13.6. The summed E-state index contributed by atoms with van der Waals surface area (Å²) in [6.07, 6.45) is 3.18. The zero-order chi connectivity index (χ0) is 16.2. The van der Waals surface area contributed by atoms with Crippen LogP contribution in [-0.2, 0) is 16.1 Å². The molecule has 1 N–H and O–H groups in total. The molecule has 0 unspecified atom stereocenters. The molecule has 1 aromatic heterocycles. The van der Waals surface area contributed by atoms with Crippen molar-refractivity contribution in [2.75, 3.05) is 13.1 Å². The Morgan fingerprint density at radius 1 is 1.27 bits per heavy atom. The summed E-state index contributed by atoms with van der Waals surface area (Å²) < 4.78 is 0. The van der Waals surface area contributed by atoms with E-state index in [1.165, 1.54) is 0 Å². The van der Waals surface area contributed by atoms with Crippen molar-refractivity contribution in [1.29, 1.82) is 0 Å². The van der Waals surface area contributed by atoms with Crippen LogP contribution >= 0.6 is 0 Å². The summed E-state index contributed by atoms with van der Waals surface area (Å²) in [5.41, 5.74) is 0.504. The molecule has 0 atom stereocenters. The molecule has 22 heavy (non-hydrogen) atoms. The van der Waals surface area contributed by atoms with E-state index < -0.39 is 0 Å². The normalized spacial score (nSPS) is 16.4. The van der Waals surface area contributed by atoms with Crippen molar-refractivity contribution < 1.29 is 9.59 Å². The van der Waals surface area contributed by atoms with E-state index in [1.807, 2.05) is 43.9 Å². The SMILES string of the molecule is CC(C)(C)C(=O)N1CCC(C(=O)NCc2ccccn2)CC1. The molecule has 1 saturated heterocycles. The van der Waals surface area contributed by atoms with Crippen LogP contribution in [0, 0.1) is 11.3 Å². The van der Waals surface area contributed by atoms with Crippen LogP contribution in [0.4, 0.5) is 0 Å². The number of likely N-dealkylation sites (tertiary alicyclic amines) is 1. The van der Waals surface area contributed by atoms with Gasteiger partial charge in [-0.3, -0.25) is 14.6 Å². The molecule has 0 spiro atoms. The number of pyridine rings is 1. The van der Waals surface area contributed by atoms with Crippen LogP contribution in [0.15, 0.2) is 24.4 Å². The fourth-order valence-electron chi connectivity index (χ4n) is 2.64. The van der Waals surface area contributed by atoms with Crippen molar-refractivity contribution in [3.63, 3.8) is 0 Å². The van der Waals surface area contributed by atoms with Crippen molar-refractivity contribution in [1.82, 2.24) is 15.2 Å². The predicted octanol–water partition coefficient (Wildman–Crippen LogP) is 1.98. The van der Waals surface area contributed by atoms with Crippen LogP contribution in [0.2, 0.25) is 0 Å². The minimum absolute atomic E-state index is 0.00673. The van der Waals surface area contributed by atoms with Crippen molar-refractivity contribution in [3.8, 4) is 0 Å². The Labute approximate surface area is 132 Å². The van der Waals surface area contributed by atoms with Gasteiger partial charge in [0.25, 0.3) is 0 Å². The Morgan fingerprint density at radius 2 is 1.95 bits per heavy atom. The second-order valence-corrected chi connectivity index (χ2v) is 6.86. The van der Waals surface area contributed by atoms with Gasteiger partial charge in [0.15, 0.2) is 0 Å². The first-order chi connectivity index (χ1) is 10.4. The molecule has 120 valence electrons. The molecule has 0 bridgehead atoms. The molecule has 1 aliphatic rings. The average Bonchev–Trinajstić information content (AvgIpc) is 2.52. The van der Waals surface area contributed by atoms with Crippen molar-refractivity contribution >= 4 is 11.8 Å². The molecule has 2 rings (SSSR count). The van der Waals surface area contributed by atoms with Gasteiger partial charge in [0.05, 0.1) is 12.2 Å². The van der Waals surface area contributed by atoms with Gasteiger partial charge in [-0.15, -0.1) is 0 Å². The van der Waals surface area contributed by atoms with Gasteiger partial charge < -0.3 is 10.2 Å². The molecule has 1 aliphatic heterocycles. The lowest BCUT2D eigenvalue weighted by atomic mass is 9.90. The summed E-state index contributed by atoms with van der Waals surface area (Å²) in [5.74, 6) is 0.223. The van der Waals surface area contributed by atoms with E-state index in [9.17, 15) is 9.59 Å². The summed E-state index contributed by atoms with van der Waals surface area (Å²) >= 11 is 0. The van der Waals surface area contributed by atoms with Crippen LogP contribution in [0.1, 0.15) is 39.3 Å². The molecule has 0 aliphatic carbocycles. The van der Waals surface area contributed by atoms with E-state index in [2.05, 4.69) is 10.3 Å². The number of nitrogens with zero attached hydrogens (tertiary/aromatic N) is 2. The first kappa shape index (κ1) is 16.5. The number of carbonyl (C=O) groups is 2. The van der Waals surface area contributed by atoms with Crippen molar-refractivity contribution in [2.24, 2.45) is 11.3 Å². The maximum absolute atomic E-state index is 12.2. The van der Waals surface area contributed by atoms with Gasteiger partial charge in [0.1, 0.15) is 0 Å². The van der Waals surface area contributed by atoms with Gasteiger partial charge in [-0.2, -0.15) is 0 Å². The summed E-state index contributed by atoms with van der Waals surface area (Å²) in [6.45, 7) is 7.58. The standard InChI is InChI=1S/C17H25N3O2/c1-17(2,3)16(22)20-10-7-13(8-11-20)15(21)19-12-14-6-4-5-9-18-14/h4-6,9,13H,7-8,10-12H2,1-3H3,(H,19,21). The van der Waals surface area contributed by atoms with Crippen LogP contribution in [-0.4, -0.2) is 34.8 Å². The molecular formula is C17H25N3O2. The molecule has 0 aromatic carbocycles. The van der Waals surface area contributed by atoms with E-state index >= 15 is 0 Å². The molecule has 5 nitrogen and oxygen atoms in total. The third kappa shape index (κ3) is 4.29. The summed E-state index contributed by atoms with van der Waals surface area (Å²) in [7, 11) is 0. The number of piperidine rings is 1. The lowest BCUT2D eigenvalue weighted by Crippen LogP contribution is -2.46. The summed E-state index contributed by atoms with van der Waals surface area (Å²) in [5, 5.41) is 2.94. The van der Waals surface area contributed by atoms with Gasteiger partial charge in [-0.25, -0.2) is 0 Å². The molecule has 0 radical (unpaired) electrons. The second-order valence-electron chi connectivity index (χ2n) is 6.86. The van der Waals surface area contributed by atoms with E-state index in [1.54, 1.807) is 6.20 Å². The van der Waals surface area contributed by atoms with E-state index in [0.717, 1.165) is 18.5 Å². The fraction of sp³-hybridized carbons (Fsp3) is 0.588. The van der Waals surface area contributed by atoms with Crippen LogP contribution < -0.4 is 5.32 Å². The average molecular weight is 303 g/mol. The van der Waals surface area contributed by atoms with E-state index in [-0.39, 0.29) is 23.1 Å². The smallest absolute Gasteiger partial charge is 0.227 e. The highest BCUT2D eigenvalue weighted by Crippen LogP contribution is 2.23. The molecule has 1 aromatic rings. The van der Waals surface area contributed by atoms with Crippen molar-refractivity contribution in [2.45, 2.75) is 40.2 Å². The third-order valence-corrected chi connectivity index (χ3v) is 3.96. The number of aromatic nitrogens is 1. The van der Waals surface area contributed by atoms with Gasteiger partial charge in [-0.1, -0.05) is 26.8 Å². The Morgan fingerprint density at radius 3 is 2.50 bits per heavy atom. The molecule has 1 fully saturated rings. The van der Waals surface area contributed by atoms with Crippen LogP contribution in [0.5, 0.6) is 0 Å². The maximum atomic E-state index is 12.2. The Hall–Kier alpha value is -1.91. The van der Waals surface area contributed by atoms with Crippen molar-refractivity contribution in [3.05, 3.63) is 30.1 Å². The number of rotatable bonds is 3. The largest absolute Gasteiger partial charge is 0.350 e. The van der Waals surface area contributed by atoms with Gasteiger partial charge in [0, 0.05) is 30.6 Å². The molecule has 2 amide bonds. The Balaban J connectivity index is 1.79. The number of hydrogen-bond acceptors (Lipinski definition) is 3. The Kier molecular flexibility index (Phi) is 5.16. The predicted molar refractivity (Wildman–Crippen MR) is 84.8 cm³/mol. The lowest BCUT2D eigenvalue weighted by Gasteiger charge is -2.35. The molecule has 2 heterocycles. The fourth-order valence-corrected chi connectivity index (χ4v) is 2.64. The quantitative estimate of drug-likeness (QED) is 0.929. The highest BCUT2D eigenvalue weighted by Gasteiger charge is 2.32. The van der Waals surface area contributed by atoms with Gasteiger partial charge in [-0.05, 0) is 25.0 Å². The van der Waals surface area contributed by atoms with E-state index in [0.29, 0.717) is 19.6 Å². The Bertz CT molecular complexity index is 514. The number of amides is 2. The first-order valence-electron chi connectivity index (χ1n) is 7.85. The number of carbonyl (C=O) groups excluding carboxylic acids is 2. The number of hydrogen-bond donors (Lipinski definition) is 1. The van der Waals surface area contributed by atoms with Crippen LogP contribution in [0.25, 0.3) is 0 Å². The second kappa shape index (κ2) is 6.90. The van der Waals surface area contributed by atoms with Gasteiger partial charge >= 0.3 is 0 Å². The molecule has 5 heteroatoms. The van der Waals surface area contributed by atoms with Gasteiger partial charge in [0.2, 0.25) is 11.8 Å². The first-order valence-corrected chi connectivity index (χ1v) is 7.85. The van der Waals surface area contributed by atoms with E-state index in [4.69, 9.17) is 0 Å². The van der Waals surface area contributed by atoms with Crippen LogP contribution in [0.3, 0.4) is 0 Å². The molecule has 0 saturated carbocycles. The third-order valence-electron chi connectivity index (χ3n) is 3.96. The minimum Gasteiger partial charge on any atom is -0.350 e. The highest BCUT2D eigenvalue weighted by molar-refractivity contribution is 5.82. The highest BCUT2D eigenvalue weighted by atomic mass is 16.2. The maximum Gasteiger partial charge on any atom is 0.227 e.